The zero-order valence-electron chi connectivity index (χ0n) is 20.5. The maximum atomic E-state index is 13.6. The molecule has 2 aliphatic carbocycles. The number of carbonyl (C=O) groups is 1. The van der Waals surface area contributed by atoms with Gasteiger partial charge in [-0.3, -0.25) is 15.6 Å². The summed E-state index contributed by atoms with van der Waals surface area (Å²) in [4.78, 5) is 15.1. The Kier molecular flexibility index (Phi) is 6.17. The van der Waals surface area contributed by atoms with Crippen LogP contribution in [-0.2, 0) is 19.6 Å². The molecule has 4 atom stereocenters. The molecule has 5 aliphatic rings. The van der Waals surface area contributed by atoms with Crippen LogP contribution < -0.4 is 25.8 Å². The Labute approximate surface area is 211 Å². The van der Waals surface area contributed by atoms with Crippen LogP contribution in [0.5, 0.6) is 5.75 Å². The maximum absolute atomic E-state index is 13.6. The predicted octanol–water partition coefficient (Wildman–Crippen LogP) is -0.120. The van der Waals surface area contributed by atoms with E-state index in [4.69, 9.17) is 9.47 Å². The number of fused-ring (bicyclic) bond motifs is 2. The van der Waals surface area contributed by atoms with E-state index in [1.54, 1.807) is 6.07 Å². The minimum atomic E-state index is -3.78. The summed E-state index contributed by atoms with van der Waals surface area (Å²) in [5.74, 6) is 0.383. The number of hydrogen-bond acceptors (Lipinski definition) is 9. The third-order valence-corrected chi connectivity index (χ3v) is 10.8. The number of ether oxygens (including phenoxy) is 2. The van der Waals surface area contributed by atoms with Gasteiger partial charge in [-0.15, -0.1) is 0 Å². The normalized spacial score (nSPS) is 31.2. The van der Waals surface area contributed by atoms with Crippen molar-refractivity contribution >= 4 is 27.3 Å². The van der Waals surface area contributed by atoms with Gasteiger partial charge in [0.1, 0.15) is 12.4 Å². The molecule has 4 fully saturated rings. The van der Waals surface area contributed by atoms with Crippen LogP contribution in [0.4, 0.5) is 11.4 Å². The van der Waals surface area contributed by atoms with E-state index in [2.05, 4.69) is 21.1 Å². The molecule has 4 unspecified atom stereocenters. The number of rotatable bonds is 7. The molecule has 11 nitrogen and oxygen atoms in total. The Morgan fingerprint density at radius 3 is 2.83 bits per heavy atom. The molecule has 0 spiro atoms. The molecule has 1 aromatic carbocycles. The molecular weight excluding hydrogens is 486 g/mol. The van der Waals surface area contributed by atoms with Crippen LogP contribution in [0.15, 0.2) is 18.2 Å². The average Bonchev–Trinajstić information content (AvgIpc) is 3.38. The molecule has 1 aromatic rings. The Morgan fingerprint density at radius 1 is 1.31 bits per heavy atom. The summed E-state index contributed by atoms with van der Waals surface area (Å²) in [6.45, 7) is 3.15. The first-order valence-electron chi connectivity index (χ1n) is 12.8. The van der Waals surface area contributed by atoms with Crippen molar-refractivity contribution in [3.63, 3.8) is 0 Å². The molecule has 0 radical (unpaired) electrons. The molecule has 3 aliphatic heterocycles. The van der Waals surface area contributed by atoms with Crippen molar-refractivity contribution in [2.45, 2.75) is 48.6 Å². The number of carbonyl (C=O) groups excluding carboxylic acids is 1. The van der Waals surface area contributed by atoms with Gasteiger partial charge in [0.25, 0.3) is 0 Å². The number of hydrogen-bond donors (Lipinski definition) is 4. The second-order valence-corrected chi connectivity index (χ2v) is 13.1. The second-order valence-electron chi connectivity index (χ2n) is 10.9. The lowest BCUT2D eigenvalue weighted by Crippen LogP contribution is -2.55. The Bertz CT molecular complexity index is 1120. The summed E-state index contributed by atoms with van der Waals surface area (Å²) >= 11 is 0. The van der Waals surface area contributed by atoms with Gasteiger partial charge in [0.2, 0.25) is 15.9 Å². The fourth-order valence-electron chi connectivity index (χ4n) is 6.18. The molecule has 2 saturated heterocycles. The largest absolute Gasteiger partial charge is 0.489 e. The number of nitrogens with one attached hydrogen (secondary N) is 3. The van der Waals surface area contributed by atoms with E-state index in [1.165, 1.54) is 7.05 Å². The number of nitrogens with zero attached hydrogens (tertiary/aromatic N) is 2. The van der Waals surface area contributed by atoms with Gasteiger partial charge in [-0.2, -0.15) is 4.31 Å². The van der Waals surface area contributed by atoms with Crippen LogP contribution in [-0.4, -0.2) is 93.2 Å². The summed E-state index contributed by atoms with van der Waals surface area (Å²) in [6.07, 6.45) is 2.67. The van der Waals surface area contributed by atoms with E-state index in [1.807, 2.05) is 12.1 Å². The molecular formula is C24H35N5O6S. The minimum absolute atomic E-state index is 0.0380. The lowest BCUT2D eigenvalue weighted by Gasteiger charge is -2.41. The first-order valence-corrected chi connectivity index (χ1v) is 14.3. The summed E-state index contributed by atoms with van der Waals surface area (Å²) in [5, 5.41) is 12.8. The zero-order chi connectivity index (χ0) is 25.1. The van der Waals surface area contributed by atoms with Crippen molar-refractivity contribution in [3.05, 3.63) is 18.2 Å². The van der Waals surface area contributed by atoms with E-state index in [9.17, 15) is 18.3 Å². The minimum Gasteiger partial charge on any atom is -0.489 e. The van der Waals surface area contributed by atoms with Gasteiger partial charge in [-0.05, 0) is 49.7 Å². The molecule has 3 heterocycles. The average molecular weight is 522 g/mol. The van der Waals surface area contributed by atoms with Gasteiger partial charge in [0, 0.05) is 31.4 Å². The van der Waals surface area contributed by atoms with Crippen LogP contribution in [0, 0.1) is 11.8 Å². The molecule has 1 amide bonds. The standard InChI is InChI=1S/C24H35N5O6S/c1-28(36(32,33)21-9-16(24(31)4-5-24)8-15-11-25-27-23(15)21)12-22(30)26-17-2-3-19-20(10-17)35-7-6-29(19)18-13-34-14-18/h2-3,10,15-16,18,21,23,25,27,31H,4-9,11-14H2,1H3,(H,26,30). The van der Waals surface area contributed by atoms with Crippen molar-refractivity contribution in [3.8, 4) is 5.75 Å². The molecule has 36 heavy (non-hydrogen) atoms. The van der Waals surface area contributed by atoms with E-state index in [-0.39, 0.29) is 24.4 Å². The van der Waals surface area contributed by atoms with Crippen LogP contribution in [0.2, 0.25) is 0 Å². The number of amides is 1. The first kappa shape index (κ1) is 24.4. The Hall–Kier alpha value is -1.96. The van der Waals surface area contributed by atoms with E-state index < -0.39 is 26.8 Å². The number of likely N-dealkylation sites (N-methyl/N-ethyl adjacent to an activating group) is 1. The van der Waals surface area contributed by atoms with Crippen LogP contribution in [0.25, 0.3) is 0 Å². The van der Waals surface area contributed by atoms with E-state index >= 15 is 0 Å². The summed E-state index contributed by atoms with van der Waals surface area (Å²) in [7, 11) is -2.33. The van der Waals surface area contributed by atoms with Crippen LogP contribution >= 0.6 is 0 Å². The molecule has 2 saturated carbocycles. The third kappa shape index (κ3) is 4.37. The highest BCUT2D eigenvalue weighted by molar-refractivity contribution is 7.89. The number of hydrazine groups is 1. The second kappa shape index (κ2) is 9.10. The lowest BCUT2D eigenvalue weighted by atomic mass is 9.75. The zero-order valence-corrected chi connectivity index (χ0v) is 21.3. The van der Waals surface area contributed by atoms with Gasteiger partial charge in [-0.1, -0.05) is 0 Å². The number of benzene rings is 1. The molecule has 0 aromatic heterocycles. The fraction of sp³-hybridized carbons (Fsp3) is 0.708. The van der Waals surface area contributed by atoms with Crippen molar-refractivity contribution in [1.29, 1.82) is 0 Å². The Morgan fingerprint density at radius 2 is 2.11 bits per heavy atom. The van der Waals surface area contributed by atoms with Gasteiger partial charge in [0.05, 0.1) is 48.9 Å². The monoisotopic (exact) mass is 521 g/mol. The highest BCUT2D eigenvalue weighted by Crippen LogP contribution is 2.50. The molecule has 6 rings (SSSR count). The highest BCUT2D eigenvalue weighted by atomic mass is 32.2. The molecule has 0 bridgehead atoms. The lowest BCUT2D eigenvalue weighted by molar-refractivity contribution is -0.116. The number of anilines is 2. The van der Waals surface area contributed by atoms with Crippen molar-refractivity contribution in [1.82, 2.24) is 15.2 Å². The van der Waals surface area contributed by atoms with E-state index in [0.717, 1.165) is 35.8 Å². The molecule has 4 N–H and O–H groups in total. The summed E-state index contributed by atoms with van der Waals surface area (Å²) < 4.78 is 39.5. The predicted molar refractivity (Wildman–Crippen MR) is 133 cm³/mol. The van der Waals surface area contributed by atoms with Crippen LogP contribution in [0.3, 0.4) is 0 Å². The SMILES string of the molecule is CN(CC(=O)Nc1ccc2c(c1)OCCN2C1COC1)S(=O)(=O)C1CC(C2(O)CC2)CC2CNNC21. The summed E-state index contributed by atoms with van der Waals surface area (Å²) in [6, 6.07) is 5.63. The van der Waals surface area contributed by atoms with Crippen molar-refractivity contribution in [2.24, 2.45) is 11.8 Å². The number of sulfonamides is 1. The van der Waals surface area contributed by atoms with Gasteiger partial charge >= 0.3 is 0 Å². The molecule has 198 valence electrons. The quantitative estimate of drug-likeness (QED) is 0.388. The highest BCUT2D eigenvalue weighted by Gasteiger charge is 2.56. The third-order valence-electron chi connectivity index (χ3n) is 8.55. The van der Waals surface area contributed by atoms with Crippen molar-refractivity contribution < 1.29 is 27.8 Å². The Balaban J connectivity index is 1.12. The van der Waals surface area contributed by atoms with Crippen molar-refractivity contribution in [2.75, 3.05) is 56.7 Å². The first-order chi connectivity index (χ1) is 17.2. The smallest absolute Gasteiger partial charge is 0.239 e. The summed E-state index contributed by atoms with van der Waals surface area (Å²) in [5.41, 5.74) is 7.05. The van der Waals surface area contributed by atoms with Gasteiger partial charge < -0.3 is 24.8 Å². The topological polar surface area (TPSA) is 132 Å². The van der Waals surface area contributed by atoms with Gasteiger partial charge in [-0.25, -0.2) is 8.42 Å². The number of aliphatic hydroxyl groups is 1. The maximum Gasteiger partial charge on any atom is 0.239 e. The van der Waals surface area contributed by atoms with Gasteiger partial charge in [0.15, 0.2) is 0 Å². The van der Waals surface area contributed by atoms with E-state index in [0.29, 0.717) is 50.3 Å². The van der Waals surface area contributed by atoms with Crippen LogP contribution in [0.1, 0.15) is 25.7 Å². The fourth-order valence-corrected chi connectivity index (χ4v) is 8.07. The molecule has 12 heteroatoms.